The Labute approximate surface area is 287 Å². The third-order valence-electron chi connectivity index (χ3n) is 8.98. The molecule has 3 aliphatic rings. The molecule has 1 fully saturated rings. The molecule has 1 saturated heterocycles. The van der Waals surface area contributed by atoms with E-state index in [1.165, 1.54) is 49.0 Å². The standard InChI is InChI=1S/C36H35N3O11/c1-19-10-26-35(44)39(25-14-29(47-4)28(46-3)13-23(25)34(43)38(26)16-19)36(45)50-17-21-8-6-20(7-9-21)11-31(41)49-18-22-12-24-32(37(22)2)27(40)15-30(48-5)33(24)42/h6-9,12-15,26,35,44H,1,10-11,16-18H2,2-5H3/t26-,35?/m0/s1. The second kappa shape index (κ2) is 13.6. The Morgan fingerprint density at radius 1 is 0.900 bits per heavy atom. The number of rotatable bonds is 9. The zero-order valence-electron chi connectivity index (χ0n) is 27.9. The number of nitrogens with zero attached hydrogens (tertiary/aromatic N) is 3. The summed E-state index contributed by atoms with van der Waals surface area (Å²) in [7, 11) is 5.78. The number of carbonyl (C=O) groups excluding carboxylic acids is 5. The third-order valence-corrected chi connectivity index (χ3v) is 8.98. The topological polar surface area (TPSA) is 163 Å². The summed E-state index contributed by atoms with van der Waals surface area (Å²) in [4.78, 5) is 67.4. The van der Waals surface area contributed by atoms with Gasteiger partial charge in [-0.15, -0.1) is 0 Å². The van der Waals surface area contributed by atoms with Gasteiger partial charge in [-0.25, -0.2) is 9.69 Å². The monoisotopic (exact) mass is 685 g/mol. The minimum atomic E-state index is -1.43. The van der Waals surface area contributed by atoms with E-state index < -0.39 is 30.1 Å². The highest BCUT2D eigenvalue weighted by molar-refractivity contribution is 6.23. The summed E-state index contributed by atoms with van der Waals surface area (Å²) in [5.74, 6) is -1.22. The fraction of sp³-hybridized carbons (Fsp3) is 0.306. The van der Waals surface area contributed by atoms with Gasteiger partial charge in [0.05, 0.1) is 56.3 Å². The molecule has 2 aliphatic heterocycles. The van der Waals surface area contributed by atoms with Gasteiger partial charge in [-0.2, -0.15) is 0 Å². The number of fused-ring (bicyclic) bond motifs is 3. The molecule has 260 valence electrons. The zero-order chi connectivity index (χ0) is 35.9. The predicted octanol–water partition coefficient (Wildman–Crippen LogP) is 3.48. The molecule has 14 nitrogen and oxygen atoms in total. The average molecular weight is 686 g/mol. The molecule has 1 aliphatic carbocycles. The summed E-state index contributed by atoms with van der Waals surface area (Å²) >= 11 is 0. The number of benzene rings is 2. The lowest BCUT2D eigenvalue weighted by atomic mass is 10.0. The maximum absolute atomic E-state index is 13.6. The van der Waals surface area contributed by atoms with Crippen LogP contribution in [0.3, 0.4) is 0 Å². The molecule has 14 heteroatoms. The smallest absolute Gasteiger partial charge is 0.416 e. The SMILES string of the molecule is C=C1C[C@H]2C(O)N(C(=O)OCc3ccc(CC(=O)OCc4cc5c(n4C)C(=O)C=C(OC)C5=O)cc3)c3cc(OC)c(OC)cc3C(=O)N2C1. The first kappa shape index (κ1) is 34.0. The fourth-order valence-corrected chi connectivity index (χ4v) is 6.38. The van der Waals surface area contributed by atoms with E-state index in [1.807, 2.05) is 0 Å². The van der Waals surface area contributed by atoms with Gasteiger partial charge in [0, 0.05) is 25.7 Å². The molecule has 3 aromatic rings. The molecule has 1 aromatic heterocycles. The maximum atomic E-state index is 13.6. The van der Waals surface area contributed by atoms with E-state index in [2.05, 4.69) is 6.58 Å². The minimum Gasteiger partial charge on any atom is -0.493 e. The molecule has 2 aromatic carbocycles. The molecule has 1 unspecified atom stereocenters. The predicted molar refractivity (Wildman–Crippen MR) is 176 cm³/mol. The number of hydrogen-bond donors (Lipinski definition) is 1. The van der Waals surface area contributed by atoms with Gasteiger partial charge in [0.25, 0.3) is 5.91 Å². The van der Waals surface area contributed by atoms with Crippen LogP contribution in [0, 0.1) is 0 Å². The summed E-state index contributed by atoms with van der Waals surface area (Å²) in [6.45, 7) is 3.89. The molecule has 1 N–H and O–H groups in total. The molecule has 2 atom stereocenters. The highest BCUT2D eigenvalue weighted by Crippen LogP contribution is 2.41. The quantitative estimate of drug-likeness (QED) is 0.259. The normalized spacial score (nSPS) is 18.1. The van der Waals surface area contributed by atoms with Gasteiger partial charge in [0.2, 0.25) is 11.6 Å². The molecule has 0 saturated carbocycles. The molecule has 0 spiro atoms. The molecular formula is C36H35N3O11. The highest BCUT2D eigenvalue weighted by atomic mass is 16.6. The summed E-state index contributed by atoms with van der Waals surface area (Å²) in [6, 6.07) is 10.5. The summed E-state index contributed by atoms with van der Waals surface area (Å²) < 4.78 is 28.4. The number of esters is 1. The Bertz CT molecular complexity index is 1960. The number of carbonyl (C=O) groups is 5. The van der Waals surface area contributed by atoms with Crippen molar-refractivity contribution in [3.63, 3.8) is 0 Å². The Hall–Kier alpha value is -5.89. The summed E-state index contributed by atoms with van der Waals surface area (Å²) in [5, 5.41) is 11.4. The number of aliphatic hydroxyl groups excluding tert-OH is 1. The number of aromatic nitrogens is 1. The van der Waals surface area contributed by atoms with Crippen LogP contribution >= 0.6 is 0 Å². The van der Waals surface area contributed by atoms with Gasteiger partial charge in [-0.3, -0.25) is 19.2 Å². The largest absolute Gasteiger partial charge is 0.493 e. The molecule has 3 heterocycles. The van der Waals surface area contributed by atoms with Gasteiger partial charge >= 0.3 is 12.1 Å². The molecule has 0 bridgehead atoms. The van der Waals surface area contributed by atoms with E-state index in [0.29, 0.717) is 23.2 Å². The number of methoxy groups -OCH3 is 3. The maximum Gasteiger partial charge on any atom is 0.416 e. The zero-order valence-corrected chi connectivity index (χ0v) is 27.9. The van der Waals surface area contributed by atoms with Crippen LogP contribution in [0.1, 0.15) is 54.4 Å². The van der Waals surface area contributed by atoms with Crippen molar-refractivity contribution in [2.45, 2.75) is 38.3 Å². The van der Waals surface area contributed by atoms with Gasteiger partial charge in [0.1, 0.15) is 18.9 Å². The van der Waals surface area contributed by atoms with Gasteiger partial charge < -0.3 is 38.3 Å². The first-order valence-corrected chi connectivity index (χ1v) is 15.6. The molecule has 2 amide bonds. The number of Topliss-reactive ketones (excluding diaryl/α,β-unsaturated/α-hetero) is 1. The number of aliphatic hydroxyl groups is 1. The minimum absolute atomic E-state index is 0.0510. The van der Waals surface area contributed by atoms with Crippen molar-refractivity contribution in [3.8, 4) is 11.5 Å². The van der Waals surface area contributed by atoms with Crippen molar-refractivity contribution in [1.29, 1.82) is 0 Å². The van der Waals surface area contributed by atoms with E-state index in [-0.39, 0.29) is 77.6 Å². The second-order valence-electron chi connectivity index (χ2n) is 12.0. The molecule has 6 rings (SSSR count). The number of allylic oxidation sites excluding steroid dienone is 2. The van der Waals surface area contributed by atoms with Crippen LogP contribution in [-0.4, -0.2) is 84.3 Å². The number of ether oxygens (including phenoxy) is 5. The second-order valence-corrected chi connectivity index (χ2v) is 12.0. The van der Waals surface area contributed by atoms with Crippen molar-refractivity contribution in [3.05, 3.63) is 100 Å². The van der Waals surface area contributed by atoms with E-state index in [0.717, 1.165) is 16.5 Å². The van der Waals surface area contributed by atoms with E-state index in [9.17, 15) is 29.1 Å². The molecule has 0 radical (unpaired) electrons. The highest BCUT2D eigenvalue weighted by Gasteiger charge is 2.46. The van der Waals surface area contributed by atoms with Crippen molar-refractivity contribution in [2.75, 3.05) is 32.8 Å². The van der Waals surface area contributed by atoms with E-state index in [4.69, 9.17) is 23.7 Å². The van der Waals surface area contributed by atoms with Gasteiger partial charge in [0.15, 0.2) is 23.5 Å². The average Bonchev–Trinajstić information content (AvgIpc) is 3.65. The van der Waals surface area contributed by atoms with Crippen LogP contribution in [0.4, 0.5) is 10.5 Å². The lowest BCUT2D eigenvalue weighted by molar-refractivity contribution is -0.144. The van der Waals surface area contributed by atoms with Crippen LogP contribution < -0.4 is 14.4 Å². The Morgan fingerprint density at radius 3 is 2.26 bits per heavy atom. The van der Waals surface area contributed by atoms with Crippen molar-refractivity contribution in [2.24, 2.45) is 7.05 Å². The lowest BCUT2D eigenvalue weighted by Gasteiger charge is -2.31. The van der Waals surface area contributed by atoms with Crippen LogP contribution in [0.15, 0.2) is 66.5 Å². The lowest BCUT2D eigenvalue weighted by Crippen LogP contribution is -2.50. The molecular weight excluding hydrogens is 650 g/mol. The number of ketones is 2. The van der Waals surface area contributed by atoms with Crippen LogP contribution in [-0.2, 0) is 45.7 Å². The van der Waals surface area contributed by atoms with Crippen LogP contribution in [0.5, 0.6) is 11.5 Å². The number of anilines is 1. The van der Waals surface area contributed by atoms with Crippen LogP contribution in [0.2, 0.25) is 0 Å². The fourth-order valence-electron chi connectivity index (χ4n) is 6.38. The van der Waals surface area contributed by atoms with Crippen LogP contribution in [0.25, 0.3) is 0 Å². The number of hydrogen-bond acceptors (Lipinski definition) is 11. The summed E-state index contributed by atoms with van der Waals surface area (Å²) in [5.41, 5.74) is 3.09. The van der Waals surface area contributed by atoms with Crippen molar-refractivity contribution < 1.29 is 52.8 Å². The van der Waals surface area contributed by atoms with E-state index >= 15 is 0 Å². The Kier molecular flexibility index (Phi) is 9.21. The Morgan fingerprint density at radius 2 is 1.58 bits per heavy atom. The summed E-state index contributed by atoms with van der Waals surface area (Å²) in [6.07, 6.45) is -0.927. The first-order valence-electron chi connectivity index (χ1n) is 15.6. The van der Waals surface area contributed by atoms with Gasteiger partial charge in [-0.1, -0.05) is 36.4 Å². The Balaban J connectivity index is 1.10. The van der Waals surface area contributed by atoms with Gasteiger partial charge in [-0.05, 0) is 29.7 Å². The van der Waals surface area contributed by atoms with E-state index in [1.54, 1.807) is 31.3 Å². The van der Waals surface area contributed by atoms with Crippen molar-refractivity contribution in [1.82, 2.24) is 9.47 Å². The third kappa shape index (κ3) is 6.09. The molecule has 50 heavy (non-hydrogen) atoms. The van der Waals surface area contributed by atoms with Crippen molar-refractivity contribution >= 4 is 35.2 Å². The number of amides is 2. The first-order chi connectivity index (χ1) is 23.9.